The zero-order chi connectivity index (χ0) is 27.4. The number of carbonyl (C=O) groups is 2. The molecule has 0 saturated heterocycles. The molecule has 0 aliphatic heterocycles. The van der Waals surface area contributed by atoms with Gasteiger partial charge in [0, 0.05) is 22.5 Å². The molecule has 1 atom stereocenters. The van der Waals surface area contributed by atoms with E-state index in [-0.39, 0.29) is 17.8 Å². The number of nitrogens with zero attached hydrogens (tertiary/aromatic N) is 3. The van der Waals surface area contributed by atoms with Gasteiger partial charge in [0.15, 0.2) is 17.1 Å². The number of rotatable bonds is 9. The van der Waals surface area contributed by atoms with E-state index in [9.17, 15) is 9.59 Å². The number of hydrogen-bond donors (Lipinski definition) is 1. The molecule has 11 heteroatoms. The first-order chi connectivity index (χ1) is 18.2. The van der Waals surface area contributed by atoms with Gasteiger partial charge in [0.05, 0.1) is 12.9 Å². The highest BCUT2D eigenvalue weighted by atomic mass is 35.5. The minimum absolute atomic E-state index is 0.0792. The van der Waals surface area contributed by atoms with Gasteiger partial charge in [0.25, 0.3) is 0 Å². The molecule has 0 aliphatic rings. The summed E-state index contributed by atoms with van der Waals surface area (Å²) in [6, 6.07) is 15.0. The van der Waals surface area contributed by atoms with E-state index in [1.807, 2.05) is 64.2 Å². The fraction of sp³-hybridized carbons (Fsp3) is 0.259. The lowest BCUT2D eigenvalue weighted by atomic mass is 10.0. The van der Waals surface area contributed by atoms with Crippen LogP contribution in [0.1, 0.15) is 39.7 Å². The Bertz CT molecular complexity index is 1470. The van der Waals surface area contributed by atoms with Crippen molar-refractivity contribution in [2.24, 2.45) is 7.05 Å². The molecular formula is C27H27ClN4O4S2. The lowest BCUT2D eigenvalue weighted by Gasteiger charge is -2.15. The third kappa shape index (κ3) is 6.03. The van der Waals surface area contributed by atoms with Crippen LogP contribution in [0, 0.1) is 13.8 Å². The van der Waals surface area contributed by atoms with Crippen molar-refractivity contribution in [3.8, 4) is 16.9 Å². The second-order valence-electron chi connectivity index (χ2n) is 8.50. The Morgan fingerprint density at radius 3 is 2.58 bits per heavy atom. The normalized spacial score (nSPS) is 11.7. The topological polar surface area (TPSA) is 95.3 Å². The molecule has 0 aliphatic carbocycles. The van der Waals surface area contributed by atoms with Gasteiger partial charge in [-0.3, -0.25) is 4.79 Å². The summed E-state index contributed by atoms with van der Waals surface area (Å²) in [6.45, 7) is 5.71. The summed E-state index contributed by atoms with van der Waals surface area (Å²) in [5.41, 5.74) is 2.91. The molecule has 2 aromatic carbocycles. The molecule has 4 aromatic rings. The zero-order valence-electron chi connectivity index (χ0n) is 21.6. The average Bonchev–Trinajstić information content (AvgIpc) is 3.43. The van der Waals surface area contributed by atoms with E-state index in [0.29, 0.717) is 32.3 Å². The number of esters is 1. The second-order valence-corrected chi connectivity index (χ2v) is 11.1. The summed E-state index contributed by atoms with van der Waals surface area (Å²) in [7, 11) is 3.16. The Morgan fingerprint density at radius 2 is 1.89 bits per heavy atom. The number of thiophene rings is 1. The molecule has 198 valence electrons. The number of amides is 1. The van der Waals surface area contributed by atoms with Gasteiger partial charge in [0.2, 0.25) is 5.91 Å². The number of anilines is 1. The SMILES string of the molecule is COC(=O)c1c(NC(=O)CSc2nnc(C(C)Oc3ccc(Cl)c(C)c3)n2C)sc(C)c1-c1ccccc1. The minimum atomic E-state index is -0.501. The number of hydrogen-bond acceptors (Lipinski definition) is 8. The number of aromatic nitrogens is 3. The van der Waals surface area contributed by atoms with Crippen LogP contribution in [0.3, 0.4) is 0 Å². The van der Waals surface area contributed by atoms with Crippen LogP contribution < -0.4 is 10.1 Å². The van der Waals surface area contributed by atoms with Crippen molar-refractivity contribution < 1.29 is 19.1 Å². The molecule has 0 spiro atoms. The predicted octanol–water partition coefficient (Wildman–Crippen LogP) is 6.47. The third-order valence-corrected chi connectivity index (χ3v) is 8.26. The van der Waals surface area contributed by atoms with E-state index in [1.165, 1.54) is 30.2 Å². The number of halogens is 1. The molecule has 1 unspecified atom stereocenters. The van der Waals surface area contributed by atoms with Crippen molar-refractivity contribution in [1.82, 2.24) is 14.8 Å². The van der Waals surface area contributed by atoms with Gasteiger partial charge in [-0.1, -0.05) is 53.7 Å². The molecule has 0 radical (unpaired) electrons. The van der Waals surface area contributed by atoms with Crippen LogP contribution in [0.2, 0.25) is 5.02 Å². The largest absolute Gasteiger partial charge is 0.483 e. The Balaban J connectivity index is 1.45. The molecule has 1 amide bonds. The van der Waals surface area contributed by atoms with E-state index in [2.05, 4.69) is 15.5 Å². The number of thioether (sulfide) groups is 1. The Kier molecular flexibility index (Phi) is 8.76. The first kappa shape index (κ1) is 27.7. The summed E-state index contributed by atoms with van der Waals surface area (Å²) in [6.07, 6.45) is -0.371. The number of carbonyl (C=O) groups excluding carboxylic acids is 2. The molecule has 2 heterocycles. The van der Waals surface area contributed by atoms with E-state index < -0.39 is 5.97 Å². The van der Waals surface area contributed by atoms with Crippen LogP contribution >= 0.6 is 34.7 Å². The molecule has 4 rings (SSSR count). The van der Waals surface area contributed by atoms with Gasteiger partial charge in [-0.2, -0.15) is 0 Å². The maximum atomic E-state index is 12.9. The van der Waals surface area contributed by atoms with E-state index in [1.54, 1.807) is 16.7 Å². The highest BCUT2D eigenvalue weighted by molar-refractivity contribution is 7.99. The summed E-state index contributed by atoms with van der Waals surface area (Å²) in [4.78, 5) is 26.5. The van der Waals surface area contributed by atoms with Crippen molar-refractivity contribution >= 4 is 51.6 Å². The maximum absolute atomic E-state index is 12.9. The minimum Gasteiger partial charge on any atom is -0.483 e. The molecule has 0 bridgehead atoms. The number of benzene rings is 2. The smallest absolute Gasteiger partial charge is 0.341 e. The number of methoxy groups -OCH3 is 1. The van der Waals surface area contributed by atoms with Crippen molar-refractivity contribution in [2.75, 3.05) is 18.2 Å². The lowest BCUT2D eigenvalue weighted by molar-refractivity contribution is -0.113. The molecular weight excluding hydrogens is 544 g/mol. The summed E-state index contributed by atoms with van der Waals surface area (Å²) in [5, 5.41) is 13.1. The maximum Gasteiger partial charge on any atom is 0.341 e. The molecule has 38 heavy (non-hydrogen) atoms. The van der Waals surface area contributed by atoms with Gasteiger partial charge >= 0.3 is 5.97 Å². The fourth-order valence-electron chi connectivity index (χ4n) is 3.93. The first-order valence-corrected chi connectivity index (χ1v) is 13.9. The van der Waals surface area contributed by atoms with Crippen LogP contribution in [0.15, 0.2) is 53.7 Å². The van der Waals surface area contributed by atoms with E-state index in [0.717, 1.165) is 21.6 Å². The zero-order valence-corrected chi connectivity index (χ0v) is 24.0. The quantitative estimate of drug-likeness (QED) is 0.182. The summed E-state index contributed by atoms with van der Waals surface area (Å²) in [5.74, 6) is 0.606. The van der Waals surface area contributed by atoms with Crippen LogP contribution in [-0.4, -0.2) is 39.5 Å². The predicted molar refractivity (Wildman–Crippen MR) is 151 cm³/mol. The van der Waals surface area contributed by atoms with Gasteiger partial charge in [-0.25, -0.2) is 4.79 Å². The Hall–Kier alpha value is -3.34. The molecule has 0 fully saturated rings. The molecule has 1 N–H and O–H groups in total. The summed E-state index contributed by atoms with van der Waals surface area (Å²) < 4.78 is 12.8. The summed E-state index contributed by atoms with van der Waals surface area (Å²) >= 11 is 8.69. The highest BCUT2D eigenvalue weighted by Crippen LogP contribution is 2.40. The van der Waals surface area contributed by atoms with Crippen molar-refractivity contribution in [3.63, 3.8) is 0 Å². The van der Waals surface area contributed by atoms with Crippen LogP contribution in [0.25, 0.3) is 11.1 Å². The first-order valence-electron chi connectivity index (χ1n) is 11.7. The van der Waals surface area contributed by atoms with Crippen LogP contribution in [0.5, 0.6) is 5.75 Å². The van der Waals surface area contributed by atoms with Crippen LogP contribution in [0.4, 0.5) is 5.00 Å². The molecule has 0 saturated carbocycles. The number of nitrogens with one attached hydrogen (secondary N) is 1. The monoisotopic (exact) mass is 570 g/mol. The third-order valence-electron chi connectivity index (χ3n) is 5.80. The standard InChI is InChI=1S/C27H27ClN4O4S2/c1-15-13-19(11-12-20(15)28)36-16(2)24-30-31-27(32(24)4)37-14-21(33)29-25-23(26(34)35-5)22(17(3)38-25)18-9-7-6-8-10-18/h6-13,16H,14H2,1-5H3,(H,29,33). The van der Waals surface area contributed by atoms with Crippen molar-refractivity contribution in [2.45, 2.75) is 32.0 Å². The molecule has 2 aromatic heterocycles. The average molecular weight is 571 g/mol. The number of aryl methyl sites for hydroxylation is 2. The highest BCUT2D eigenvalue weighted by Gasteiger charge is 2.25. The van der Waals surface area contributed by atoms with Crippen molar-refractivity contribution in [1.29, 1.82) is 0 Å². The van der Waals surface area contributed by atoms with Gasteiger partial charge in [0.1, 0.15) is 16.3 Å². The lowest BCUT2D eigenvalue weighted by Crippen LogP contribution is -2.16. The van der Waals surface area contributed by atoms with Gasteiger partial charge in [-0.15, -0.1) is 21.5 Å². The Morgan fingerprint density at radius 1 is 1.16 bits per heavy atom. The Labute approximate surface area is 234 Å². The fourth-order valence-corrected chi connectivity index (χ4v) is 5.84. The van der Waals surface area contributed by atoms with E-state index >= 15 is 0 Å². The second kappa shape index (κ2) is 12.0. The van der Waals surface area contributed by atoms with Gasteiger partial charge < -0.3 is 19.4 Å². The van der Waals surface area contributed by atoms with Crippen LogP contribution in [-0.2, 0) is 16.6 Å². The van der Waals surface area contributed by atoms with Crippen molar-refractivity contribution in [3.05, 3.63) is 75.4 Å². The van der Waals surface area contributed by atoms with Gasteiger partial charge in [-0.05, 0) is 50.1 Å². The molecule has 8 nitrogen and oxygen atoms in total. The number of ether oxygens (including phenoxy) is 2. The van der Waals surface area contributed by atoms with E-state index in [4.69, 9.17) is 21.1 Å².